The summed E-state index contributed by atoms with van der Waals surface area (Å²) in [6.45, 7) is 0.526. The molecule has 7 nitrogen and oxygen atoms in total. The van der Waals surface area contributed by atoms with Gasteiger partial charge in [0.25, 0.3) is 0 Å². The first-order valence-electron chi connectivity index (χ1n) is 5.48. The number of hydrogen-bond acceptors (Lipinski definition) is 6. The average molecular weight is 254 g/mol. The smallest absolute Gasteiger partial charge is 0.237 e. The van der Waals surface area contributed by atoms with Crippen LogP contribution in [0, 0.1) is 22.7 Å². The molecule has 2 N–H and O–H groups in total. The minimum absolute atomic E-state index is 0.0451. The second-order valence-electron chi connectivity index (χ2n) is 3.66. The van der Waals surface area contributed by atoms with Gasteiger partial charge < -0.3 is 9.67 Å². The van der Waals surface area contributed by atoms with E-state index < -0.39 is 0 Å². The van der Waals surface area contributed by atoms with E-state index in [1.807, 2.05) is 10.6 Å². The topological polar surface area (TPSA) is 110 Å². The lowest BCUT2D eigenvalue weighted by Gasteiger charge is -2.02. The van der Waals surface area contributed by atoms with E-state index in [2.05, 4.69) is 15.5 Å². The van der Waals surface area contributed by atoms with Crippen LogP contribution < -0.4 is 5.43 Å². The number of aliphatic hydroxyl groups is 1. The molecule has 2 aromatic rings. The number of nitriles is 2. The Morgan fingerprint density at radius 1 is 1.42 bits per heavy atom. The standard InChI is InChI=1S/C12H10N6O/c13-6-10(7-14)17-16-9-1-2-12-11(5-9)15-8-18(12)3-4-19/h1-2,5,8,16,19H,3-4H2. The maximum absolute atomic E-state index is 8.91. The monoisotopic (exact) mass is 254 g/mol. The van der Waals surface area contributed by atoms with Crippen LogP contribution in [-0.4, -0.2) is 27.0 Å². The number of aromatic nitrogens is 2. The number of benzene rings is 1. The van der Waals surface area contributed by atoms with Crippen molar-refractivity contribution < 1.29 is 5.11 Å². The van der Waals surface area contributed by atoms with Crippen LogP contribution in [0.1, 0.15) is 0 Å². The number of hydrogen-bond donors (Lipinski definition) is 2. The third kappa shape index (κ3) is 2.68. The number of aliphatic hydroxyl groups excluding tert-OH is 1. The zero-order valence-electron chi connectivity index (χ0n) is 9.91. The SMILES string of the molecule is N#CC(C#N)=NNc1ccc2c(c1)ncn2CCO. The van der Waals surface area contributed by atoms with Crippen LogP contribution in [0.5, 0.6) is 0 Å². The highest BCUT2D eigenvalue weighted by Gasteiger charge is 2.03. The van der Waals surface area contributed by atoms with Gasteiger partial charge in [-0.25, -0.2) is 4.98 Å². The van der Waals surface area contributed by atoms with Crippen LogP contribution in [0.3, 0.4) is 0 Å². The Morgan fingerprint density at radius 3 is 2.89 bits per heavy atom. The van der Waals surface area contributed by atoms with Crippen molar-refractivity contribution in [2.75, 3.05) is 12.0 Å². The zero-order chi connectivity index (χ0) is 13.7. The fraction of sp³-hybridized carbons (Fsp3) is 0.167. The van der Waals surface area contributed by atoms with Gasteiger partial charge in [-0.1, -0.05) is 0 Å². The zero-order valence-corrected chi connectivity index (χ0v) is 9.91. The predicted octanol–water partition coefficient (Wildman–Crippen LogP) is 0.844. The quantitative estimate of drug-likeness (QED) is 0.620. The molecule has 94 valence electrons. The van der Waals surface area contributed by atoms with Crippen LogP contribution in [-0.2, 0) is 6.54 Å². The summed E-state index contributed by atoms with van der Waals surface area (Å²) in [5.41, 5.74) is 4.64. The number of nitrogens with zero attached hydrogens (tertiary/aromatic N) is 5. The Bertz CT molecular complexity index is 687. The van der Waals surface area contributed by atoms with E-state index in [0.717, 1.165) is 11.0 Å². The van der Waals surface area contributed by atoms with E-state index in [9.17, 15) is 0 Å². The molecule has 0 unspecified atom stereocenters. The van der Waals surface area contributed by atoms with Crippen molar-refractivity contribution in [3.63, 3.8) is 0 Å². The molecule has 0 fully saturated rings. The van der Waals surface area contributed by atoms with Crippen molar-refractivity contribution in [2.24, 2.45) is 5.10 Å². The Labute approximate surface area is 109 Å². The van der Waals surface area contributed by atoms with Crippen molar-refractivity contribution in [1.29, 1.82) is 10.5 Å². The molecular weight excluding hydrogens is 244 g/mol. The molecule has 0 aliphatic rings. The highest BCUT2D eigenvalue weighted by molar-refractivity contribution is 6.10. The second kappa shape index (κ2) is 5.63. The maximum Gasteiger partial charge on any atom is 0.237 e. The third-order valence-electron chi connectivity index (χ3n) is 2.47. The lowest BCUT2D eigenvalue weighted by Crippen LogP contribution is -2.00. The number of nitrogens with one attached hydrogen (secondary N) is 1. The Hall–Kier alpha value is -2.90. The summed E-state index contributed by atoms with van der Waals surface area (Å²) < 4.78 is 1.83. The summed E-state index contributed by atoms with van der Waals surface area (Å²) in [5.74, 6) is 0. The van der Waals surface area contributed by atoms with Crippen molar-refractivity contribution in [3.8, 4) is 12.1 Å². The van der Waals surface area contributed by atoms with Crippen LogP contribution >= 0.6 is 0 Å². The van der Waals surface area contributed by atoms with Crippen molar-refractivity contribution >= 4 is 22.4 Å². The van der Waals surface area contributed by atoms with Gasteiger partial charge in [-0.3, -0.25) is 5.43 Å². The molecule has 0 spiro atoms. The maximum atomic E-state index is 8.91. The lowest BCUT2D eigenvalue weighted by molar-refractivity contribution is 0.278. The summed E-state index contributed by atoms with van der Waals surface area (Å²) in [7, 11) is 0. The first-order valence-corrected chi connectivity index (χ1v) is 5.48. The van der Waals surface area contributed by atoms with E-state index in [4.69, 9.17) is 15.6 Å². The van der Waals surface area contributed by atoms with Crippen LogP contribution in [0.2, 0.25) is 0 Å². The van der Waals surface area contributed by atoms with Gasteiger partial charge in [0, 0.05) is 6.54 Å². The molecule has 0 aliphatic carbocycles. The third-order valence-corrected chi connectivity index (χ3v) is 2.47. The Kier molecular flexibility index (Phi) is 3.72. The van der Waals surface area contributed by atoms with Crippen molar-refractivity contribution in [2.45, 2.75) is 6.54 Å². The molecule has 1 heterocycles. The van der Waals surface area contributed by atoms with Gasteiger partial charge in [0.15, 0.2) is 0 Å². The Balaban J connectivity index is 2.26. The minimum atomic E-state index is -0.245. The van der Waals surface area contributed by atoms with Crippen molar-refractivity contribution in [1.82, 2.24) is 9.55 Å². The predicted molar refractivity (Wildman–Crippen MR) is 69.1 cm³/mol. The highest BCUT2D eigenvalue weighted by Crippen LogP contribution is 2.18. The molecule has 0 radical (unpaired) electrons. The van der Waals surface area contributed by atoms with Crippen LogP contribution in [0.25, 0.3) is 11.0 Å². The second-order valence-corrected chi connectivity index (χ2v) is 3.66. The summed E-state index contributed by atoms with van der Waals surface area (Å²) in [6.07, 6.45) is 1.64. The van der Waals surface area contributed by atoms with Gasteiger partial charge in [0.05, 0.1) is 29.7 Å². The largest absolute Gasteiger partial charge is 0.395 e. The molecule has 7 heteroatoms. The van der Waals surface area contributed by atoms with Gasteiger partial charge in [-0.15, -0.1) is 0 Å². The summed E-state index contributed by atoms with van der Waals surface area (Å²) in [6, 6.07) is 8.65. The summed E-state index contributed by atoms with van der Waals surface area (Å²) in [4.78, 5) is 4.20. The number of anilines is 1. The first kappa shape index (κ1) is 12.6. The molecule has 0 aliphatic heterocycles. The molecule has 0 saturated carbocycles. The lowest BCUT2D eigenvalue weighted by atomic mass is 10.3. The van der Waals surface area contributed by atoms with E-state index in [0.29, 0.717) is 12.2 Å². The summed E-state index contributed by atoms with van der Waals surface area (Å²) in [5, 5.41) is 29.7. The highest BCUT2D eigenvalue weighted by atomic mass is 16.3. The van der Waals surface area contributed by atoms with Gasteiger partial charge >= 0.3 is 0 Å². The van der Waals surface area contributed by atoms with Gasteiger partial charge in [-0.2, -0.15) is 15.6 Å². The molecular formula is C12H10N6O. The molecule has 0 saturated heterocycles. The van der Waals surface area contributed by atoms with E-state index >= 15 is 0 Å². The first-order chi connectivity index (χ1) is 9.28. The normalized spacial score (nSPS) is 9.63. The number of imidazole rings is 1. The molecule has 1 aromatic carbocycles. The number of fused-ring (bicyclic) bond motifs is 1. The summed E-state index contributed by atoms with van der Waals surface area (Å²) >= 11 is 0. The Morgan fingerprint density at radius 2 is 2.21 bits per heavy atom. The molecule has 2 rings (SSSR count). The number of rotatable bonds is 4. The fourth-order valence-corrected chi connectivity index (χ4v) is 1.61. The molecule has 0 atom stereocenters. The molecule has 19 heavy (non-hydrogen) atoms. The van der Waals surface area contributed by atoms with Crippen LogP contribution in [0.15, 0.2) is 29.6 Å². The van der Waals surface area contributed by atoms with Crippen molar-refractivity contribution in [3.05, 3.63) is 24.5 Å². The minimum Gasteiger partial charge on any atom is -0.395 e. The van der Waals surface area contributed by atoms with Gasteiger partial charge in [-0.05, 0) is 18.2 Å². The van der Waals surface area contributed by atoms with Gasteiger partial charge in [0.1, 0.15) is 12.1 Å². The average Bonchev–Trinajstić information content (AvgIpc) is 2.83. The molecule has 0 bridgehead atoms. The van der Waals surface area contributed by atoms with E-state index in [1.165, 1.54) is 0 Å². The molecule has 1 aromatic heterocycles. The van der Waals surface area contributed by atoms with E-state index in [1.54, 1.807) is 30.6 Å². The van der Waals surface area contributed by atoms with E-state index in [-0.39, 0.29) is 12.3 Å². The molecule has 0 amide bonds. The van der Waals surface area contributed by atoms with Crippen LogP contribution in [0.4, 0.5) is 5.69 Å². The fourth-order valence-electron chi connectivity index (χ4n) is 1.61. The van der Waals surface area contributed by atoms with Gasteiger partial charge in [0.2, 0.25) is 5.71 Å². The number of hydrazone groups is 1.